The fourth-order valence-corrected chi connectivity index (χ4v) is 0.388. The van der Waals surface area contributed by atoms with Gasteiger partial charge in [0.2, 0.25) is 5.90 Å². The molecule has 0 saturated carbocycles. The van der Waals surface area contributed by atoms with Gasteiger partial charge in [-0.25, -0.2) is 0 Å². The lowest BCUT2D eigenvalue weighted by Crippen LogP contribution is -1.77. The summed E-state index contributed by atoms with van der Waals surface area (Å²) in [6, 6.07) is 0. The smallest absolute Gasteiger partial charge is 0.223 e. The maximum atomic E-state index is 6.75. The van der Waals surface area contributed by atoms with Gasteiger partial charge in [-0.05, 0) is 6.42 Å². The second-order valence-corrected chi connectivity index (χ2v) is 1.38. The van der Waals surface area contributed by atoms with Crippen molar-refractivity contribution < 1.29 is 4.74 Å². The molecule has 2 heteroatoms. The Morgan fingerprint density at radius 1 is 2.00 bits per heavy atom. The molecule has 1 atom stereocenters. The molecule has 0 aliphatic carbocycles. The van der Waals surface area contributed by atoms with Crippen molar-refractivity contribution in [3.05, 3.63) is 0 Å². The molecule has 0 bridgehead atoms. The summed E-state index contributed by atoms with van der Waals surface area (Å²) < 4.78 is 4.65. The van der Waals surface area contributed by atoms with Gasteiger partial charge in [0.05, 0.1) is 0 Å². The molecule has 1 aliphatic rings. The molecule has 1 aliphatic heterocycles. The van der Waals surface area contributed by atoms with Gasteiger partial charge in [-0.15, -0.1) is 0 Å². The van der Waals surface area contributed by atoms with E-state index in [0.717, 1.165) is 6.42 Å². The van der Waals surface area contributed by atoms with Crippen molar-refractivity contribution in [3.63, 3.8) is 0 Å². The Labute approximate surface area is 36.6 Å². The van der Waals surface area contributed by atoms with E-state index in [-0.39, 0.29) is 6.10 Å². The molecule has 1 unspecified atom stereocenters. The first kappa shape index (κ1) is 3.65. The zero-order valence-corrected chi connectivity index (χ0v) is 3.69. The van der Waals surface area contributed by atoms with Crippen LogP contribution in [0.1, 0.15) is 13.3 Å². The van der Waals surface area contributed by atoms with E-state index in [0.29, 0.717) is 5.90 Å². The summed E-state index contributed by atoms with van der Waals surface area (Å²) in [5.74, 6) is 0.456. The van der Waals surface area contributed by atoms with Crippen LogP contribution in [0, 0.1) is 5.41 Å². The van der Waals surface area contributed by atoms with Crippen LogP contribution in [0.3, 0.4) is 0 Å². The van der Waals surface area contributed by atoms with Gasteiger partial charge in [-0.3, -0.25) is 5.41 Å². The van der Waals surface area contributed by atoms with Gasteiger partial charge in [0, 0.05) is 0 Å². The van der Waals surface area contributed by atoms with E-state index in [9.17, 15) is 0 Å². The van der Waals surface area contributed by atoms with Crippen LogP contribution in [-0.2, 0) is 4.74 Å². The average molecular weight is 85.1 g/mol. The van der Waals surface area contributed by atoms with Crippen LogP contribution in [0.5, 0.6) is 0 Å². The first-order valence-electron chi connectivity index (χ1n) is 2.09. The van der Waals surface area contributed by atoms with Gasteiger partial charge >= 0.3 is 0 Å². The monoisotopic (exact) mass is 85.1 g/mol. The second kappa shape index (κ2) is 0.965. The molecule has 0 aromatic carbocycles. The van der Waals surface area contributed by atoms with Crippen molar-refractivity contribution in [3.8, 4) is 0 Å². The lowest BCUT2D eigenvalue weighted by Gasteiger charge is -1.67. The van der Waals surface area contributed by atoms with E-state index in [1.165, 1.54) is 0 Å². The summed E-state index contributed by atoms with van der Waals surface area (Å²) in [6.07, 6.45) is 1.14. The van der Waals surface area contributed by atoms with Crippen LogP contribution in [-0.4, -0.2) is 12.0 Å². The van der Waals surface area contributed by atoms with Crippen molar-refractivity contribution in [1.29, 1.82) is 5.41 Å². The highest BCUT2D eigenvalue weighted by Gasteiger charge is 2.30. The highest BCUT2D eigenvalue weighted by Crippen LogP contribution is 2.14. The summed E-state index contributed by atoms with van der Waals surface area (Å²) in [5.41, 5.74) is 0. The summed E-state index contributed by atoms with van der Waals surface area (Å²) >= 11 is 0. The summed E-state index contributed by atoms with van der Waals surface area (Å²) in [7, 11) is 0. The first-order valence-corrected chi connectivity index (χ1v) is 2.09. The largest absolute Gasteiger partial charge is 0.465 e. The molecule has 0 spiro atoms. The number of nitrogens with one attached hydrogen (secondary N) is 1. The maximum absolute atomic E-state index is 6.75. The third-order valence-corrected chi connectivity index (χ3v) is 0.875. The Balaban J connectivity index is 2.26. The molecule has 6 heavy (non-hydrogen) atoms. The third kappa shape index (κ3) is 0.379. The van der Waals surface area contributed by atoms with Crippen LogP contribution in [0.25, 0.3) is 0 Å². The lowest BCUT2D eigenvalue weighted by atomic mass is 10.4. The molecule has 1 fully saturated rings. The zero-order valence-electron chi connectivity index (χ0n) is 3.69. The molecule has 0 aromatic heterocycles. The van der Waals surface area contributed by atoms with Crippen LogP contribution in [0.4, 0.5) is 0 Å². The standard InChI is InChI=1S/C4H7NO/c1-2-3-4(5)6-3/h3,5H,2H2,1H3. The van der Waals surface area contributed by atoms with Crippen LogP contribution >= 0.6 is 0 Å². The summed E-state index contributed by atoms with van der Waals surface area (Å²) in [5, 5.41) is 6.75. The number of ether oxygens (including phenoxy) is 1. The minimum Gasteiger partial charge on any atom is -0.465 e. The van der Waals surface area contributed by atoms with Crippen LogP contribution < -0.4 is 0 Å². The normalized spacial score (nSPS) is 29.5. The van der Waals surface area contributed by atoms with Crippen LogP contribution in [0.15, 0.2) is 0 Å². The Morgan fingerprint density at radius 3 is 2.50 bits per heavy atom. The van der Waals surface area contributed by atoms with Gasteiger partial charge in [-0.2, -0.15) is 0 Å². The van der Waals surface area contributed by atoms with E-state index in [1.807, 2.05) is 6.92 Å². The molecule has 2 nitrogen and oxygen atoms in total. The van der Waals surface area contributed by atoms with E-state index >= 15 is 0 Å². The number of epoxide rings is 1. The van der Waals surface area contributed by atoms with Gasteiger partial charge in [-0.1, -0.05) is 6.92 Å². The fraction of sp³-hybridized carbons (Fsp3) is 0.750. The van der Waals surface area contributed by atoms with E-state index in [2.05, 4.69) is 4.74 Å². The van der Waals surface area contributed by atoms with E-state index in [1.54, 1.807) is 0 Å². The third-order valence-electron chi connectivity index (χ3n) is 0.875. The molecule has 0 aromatic rings. The minimum atomic E-state index is 0.185. The predicted octanol–water partition coefficient (Wildman–Crippen LogP) is 0.772. The molecule has 1 rings (SSSR count). The average Bonchev–Trinajstić information content (AvgIpc) is 2.19. The molecular formula is C4H7NO. The number of rotatable bonds is 1. The Bertz CT molecular complexity index is 79.6. The van der Waals surface area contributed by atoms with E-state index in [4.69, 9.17) is 5.41 Å². The number of hydrogen-bond donors (Lipinski definition) is 1. The summed E-state index contributed by atoms with van der Waals surface area (Å²) in [4.78, 5) is 0. The molecule has 1 saturated heterocycles. The molecule has 34 valence electrons. The second-order valence-electron chi connectivity index (χ2n) is 1.38. The zero-order chi connectivity index (χ0) is 4.57. The van der Waals surface area contributed by atoms with Gasteiger partial charge in [0.25, 0.3) is 0 Å². The predicted molar refractivity (Wildman–Crippen MR) is 22.9 cm³/mol. The fourth-order valence-electron chi connectivity index (χ4n) is 0.388. The van der Waals surface area contributed by atoms with Crippen molar-refractivity contribution in [2.45, 2.75) is 19.4 Å². The molecule has 1 heterocycles. The van der Waals surface area contributed by atoms with Gasteiger partial charge < -0.3 is 4.74 Å². The Hall–Kier alpha value is -0.530. The van der Waals surface area contributed by atoms with Crippen molar-refractivity contribution >= 4 is 5.90 Å². The van der Waals surface area contributed by atoms with E-state index < -0.39 is 0 Å². The van der Waals surface area contributed by atoms with Crippen LogP contribution in [0.2, 0.25) is 0 Å². The Morgan fingerprint density at radius 2 is 2.50 bits per heavy atom. The summed E-state index contributed by atoms with van der Waals surface area (Å²) in [6.45, 7) is 2.01. The molecule has 0 amide bonds. The molecule has 0 radical (unpaired) electrons. The number of hydrogen-bond acceptors (Lipinski definition) is 2. The molecular weight excluding hydrogens is 78.1 g/mol. The topological polar surface area (TPSA) is 36.4 Å². The van der Waals surface area contributed by atoms with Gasteiger partial charge in [0.1, 0.15) is 0 Å². The highest BCUT2D eigenvalue weighted by atomic mass is 16.6. The quantitative estimate of drug-likeness (QED) is 0.469. The minimum absolute atomic E-state index is 0.185. The van der Waals surface area contributed by atoms with Crippen molar-refractivity contribution in [1.82, 2.24) is 0 Å². The first-order chi connectivity index (χ1) is 2.84. The van der Waals surface area contributed by atoms with Gasteiger partial charge in [0.15, 0.2) is 6.10 Å². The highest BCUT2D eigenvalue weighted by molar-refractivity contribution is 5.89. The van der Waals surface area contributed by atoms with Crippen molar-refractivity contribution in [2.24, 2.45) is 0 Å². The lowest BCUT2D eigenvalue weighted by molar-refractivity contribution is 0.439. The molecule has 1 N–H and O–H groups in total. The Kier molecular flexibility index (Phi) is 0.587. The maximum Gasteiger partial charge on any atom is 0.223 e. The SMILES string of the molecule is CCC1OC1=N. The van der Waals surface area contributed by atoms with Crippen molar-refractivity contribution in [2.75, 3.05) is 0 Å².